The Labute approximate surface area is 94.6 Å². The molecule has 0 amide bonds. The molecule has 2 unspecified atom stereocenters. The molecule has 1 aliphatic carbocycles. The van der Waals surface area contributed by atoms with Crippen LogP contribution in [0, 0.1) is 17.3 Å². The number of aliphatic hydroxyl groups is 1. The molecule has 15 heavy (non-hydrogen) atoms. The van der Waals surface area contributed by atoms with Gasteiger partial charge in [0.05, 0.1) is 0 Å². The van der Waals surface area contributed by atoms with E-state index in [1.54, 1.807) is 5.57 Å². The zero-order valence-corrected chi connectivity index (χ0v) is 10.7. The van der Waals surface area contributed by atoms with Crippen LogP contribution < -0.4 is 0 Å². The second kappa shape index (κ2) is 5.16. The van der Waals surface area contributed by atoms with Crippen LogP contribution in [0.4, 0.5) is 0 Å². The lowest BCUT2D eigenvalue weighted by atomic mass is 9.72. The summed E-state index contributed by atoms with van der Waals surface area (Å²) in [5, 5.41) is 8.90. The van der Waals surface area contributed by atoms with Crippen molar-refractivity contribution in [3.8, 4) is 0 Å². The highest BCUT2D eigenvalue weighted by Gasteiger charge is 2.26. The van der Waals surface area contributed by atoms with Gasteiger partial charge in [-0.3, -0.25) is 0 Å². The number of rotatable bonds is 4. The van der Waals surface area contributed by atoms with Crippen LogP contribution >= 0.6 is 0 Å². The highest BCUT2D eigenvalue weighted by Crippen LogP contribution is 2.40. The van der Waals surface area contributed by atoms with Gasteiger partial charge in [0.25, 0.3) is 0 Å². The van der Waals surface area contributed by atoms with E-state index in [-0.39, 0.29) is 0 Å². The molecule has 2 atom stereocenters. The smallest absolute Gasteiger partial charge is 0.0433 e. The molecule has 1 aliphatic rings. The third-order valence-electron chi connectivity index (χ3n) is 3.33. The molecule has 0 aromatic heterocycles. The Balaban J connectivity index is 2.54. The Hall–Kier alpha value is -0.300. The van der Waals surface area contributed by atoms with E-state index in [0.29, 0.717) is 17.9 Å². The molecule has 0 spiro atoms. The fourth-order valence-corrected chi connectivity index (χ4v) is 2.99. The van der Waals surface area contributed by atoms with Crippen molar-refractivity contribution < 1.29 is 5.11 Å². The molecular weight excluding hydrogens is 184 g/mol. The van der Waals surface area contributed by atoms with E-state index in [4.69, 9.17) is 5.11 Å². The molecular formula is C14H26O. The largest absolute Gasteiger partial charge is 0.396 e. The second-order valence-corrected chi connectivity index (χ2v) is 6.17. The first-order valence-corrected chi connectivity index (χ1v) is 6.23. The summed E-state index contributed by atoms with van der Waals surface area (Å²) < 4.78 is 0. The van der Waals surface area contributed by atoms with Gasteiger partial charge in [0, 0.05) is 6.61 Å². The zero-order valence-electron chi connectivity index (χ0n) is 10.7. The Morgan fingerprint density at radius 1 is 1.53 bits per heavy atom. The molecule has 0 aliphatic heterocycles. The summed E-state index contributed by atoms with van der Waals surface area (Å²) in [5.74, 6) is 1.35. The third kappa shape index (κ3) is 4.38. The van der Waals surface area contributed by atoms with Gasteiger partial charge >= 0.3 is 0 Å². The first-order chi connectivity index (χ1) is 6.93. The summed E-state index contributed by atoms with van der Waals surface area (Å²) in [6.45, 7) is 9.62. The monoisotopic (exact) mass is 210 g/mol. The summed E-state index contributed by atoms with van der Waals surface area (Å²) in [7, 11) is 0. The van der Waals surface area contributed by atoms with E-state index >= 15 is 0 Å². The van der Waals surface area contributed by atoms with Gasteiger partial charge in [0.15, 0.2) is 0 Å². The summed E-state index contributed by atoms with van der Waals surface area (Å²) in [5.41, 5.74) is 2.09. The lowest BCUT2D eigenvalue weighted by molar-refractivity contribution is 0.250. The van der Waals surface area contributed by atoms with Crippen molar-refractivity contribution >= 4 is 0 Å². The van der Waals surface area contributed by atoms with Gasteiger partial charge in [-0.25, -0.2) is 0 Å². The van der Waals surface area contributed by atoms with E-state index in [2.05, 4.69) is 33.8 Å². The van der Waals surface area contributed by atoms with Gasteiger partial charge in [-0.05, 0) is 42.9 Å². The second-order valence-electron chi connectivity index (χ2n) is 6.17. The Morgan fingerprint density at radius 3 is 2.73 bits per heavy atom. The van der Waals surface area contributed by atoms with Crippen LogP contribution in [0.15, 0.2) is 11.6 Å². The molecule has 1 N–H and O–H groups in total. The van der Waals surface area contributed by atoms with E-state index in [1.165, 1.54) is 19.3 Å². The number of allylic oxidation sites excluding steroid dienone is 2. The lowest BCUT2D eigenvalue weighted by Crippen LogP contribution is -2.21. The van der Waals surface area contributed by atoms with E-state index in [0.717, 1.165) is 12.3 Å². The fraction of sp³-hybridized carbons (Fsp3) is 0.857. The number of hydrogen-bond donors (Lipinski definition) is 1. The van der Waals surface area contributed by atoms with Crippen molar-refractivity contribution in [1.82, 2.24) is 0 Å². The van der Waals surface area contributed by atoms with Gasteiger partial charge < -0.3 is 5.11 Å². The molecule has 0 aromatic carbocycles. The van der Waals surface area contributed by atoms with Crippen molar-refractivity contribution in [3.63, 3.8) is 0 Å². The van der Waals surface area contributed by atoms with Gasteiger partial charge in [0.2, 0.25) is 0 Å². The minimum Gasteiger partial charge on any atom is -0.396 e. The molecule has 1 nitrogen and oxygen atoms in total. The van der Waals surface area contributed by atoms with Gasteiger partial charge in [0.1, 0.15) is 0 Å². The first kappa shape index (κ1) is 12.8. The van der Waals surface area contributed by atoms with Crippen LogP contribution in [0.1, 0.15) is 53.4 Å². The SMILES string of the molecule is CC1C=C(CC(C)CCO)CC(C)(C)C1. The summed E-state index contributed by atoms with van der Waals surface area (Å²) >= 11 is 0. The standard InChI is InChI=1S/C14H26O/c1-11(5-6-15)7-13-8-12(2)9-14(3,4)10-13/h8,11-12,15H,5-7,9-10H2,1-4H3. The van der Waals surface area contributed by atoms with Crippen LogP contribution in [0.2, 0.25) is 0 Å². The average Bonchev–Trinajstić information content (AvgIpc) is 1.99. The fourth-order valence-electron chi connectivity index (χ4n) is 2.99. The quantitative estimate of drug-likeness (QED) is 0.700. The van der Waals surface area contributed by atoms with Crippen LogP contribution in [-0.4, -0.2) is 11.7 Å². The topological polar surface area (TPSA) is 20.2 Å². The van der Waals surface area contributed by atoms with Crippen LogP contribution in [-0.2, 0) is 0 Å². The number of hydrogen-bond acceptors (Lipinski definition) is 1. The predicted molar refractivity (Wildman–Crippen MR) is 65.7 cm³/mol. The van der Waals surface area contributed by atoms with E-state index < -0.39 is 0 Å². The molecule has 0 fully saturated rings. The maximum atomic E-state index is 8.90. The summed E-state index contributed by atoms with van der Waals surface area (Å²) in [6.07, 6.45) is 7.12. The highest BCUT2D eigenvalue weighted by atomic mass is 16.3. The van der Waals surface area contributed by atoms with Crippen molar-refractivity contribution in [2.24, 2.45) is 17.3 Å². The molecule has 0 heterocycles. The molecule has 0 radical (unpaired) electrons. The zero-order chi connectivity index (χ0) is 11.5. The molecule has 0 saturated carbocycles. The lowest BCUT2D eigenvalue weighted by Gasteiger charge is -2.34. The third-order valence-corrected chi connectivity index (χ3v) is 3.33. The molecule has 88 valence electrons. The van der Waals surface area contributed by atoms with Gasteiger partial charge in [-0.2, -0.15) is 0 Å². The van der Waals surface area contributed by atoms with Crippen LogP contribution in [0.25, 0.3) is 0 Å². The first-order valence-electron chi connectivity index (χ1n) is 6.23. The van der Waals surface area contributed by atoms with Crippen molar-refractivity contribution in [2.45, 2.75) is 53.4 Å². The maximum Gasteiger partial charge on any atom is 0.0433 e. The summed E-state index contributed by atoms with van der Waals surface area (Å²) in [6, 6.07) is 0. The summed E-state index contributed by atoms with van der Waals surface area (Å²) in [4.78, 5) is 0. The molecule has 1 heteroatoms. The van der Waals surface area contributed by atoms with Crippen molar-refractivity contribution in [2.75, 3.05) is 6.61 Å². The Morgan fingerprint density at radius 2 is 2.20 bits per heavy atom. The molecule has 1 rings (SSSR count). The molecule has 0 saturated heterocycles. The number of aliphatic hydroxyl groups excluding tert-OH is 1. The molecule has 0 aromatic rings. The minimum atomic E-state index is 0.327. The van der Waals surface area contributed by atoms with Crippen molar-refractivity contribution in [3.05, 3.63) is 11.6 Å². The maximum absolute atomic E-state index is 8.90. The highest BCUT2D eigenvalue weighted by molar-refractivity contribution is 5.12. The van der Waals surface area contributed by atoms with Crippen LogP contribution in [0.3, 0.4) is 0 Å². The predicted octanol–water partition coefficient (Wildman–Crippen LogP) is 3.78. The van der Waals surface area contributed by atoms with Crippen molar-refractivity contribution in [1.29, 1.82) is 0 Å². The Bertz CT molecular complexity index is 227. The van der Waals surface area contributed by atoms with E-state index in [9.17, 15) is 0 Å². The van der Waals surface area contributed by atoms with Gasteiger partial charge in [-0.1, -0.05) is 39.3 Å². The minimum absolute atomic E-state index is 0.327. The van der Waals surface area contributed by atoms with Gasteiger partial charge in [-0.15, -0.1) is 0 Å². The average molecular weight is 210 g/mol. The normalized spacial score (nSPS) is 27.3. The molecule has 0 bridgehead atoms. The van der Waals surface area contributed by atoms with Crippen LogP contribution in [0.5, 0.6) is 0 Å². The Kier molecular flexibility index (Phi) is 4.39. The van der Waals surface area contributed by atoms with E-state index in [1.807, 2.05) is 0 Å².